The van der Waals surface area contributed by atoms with Crippen LogP contribution in [0.2, 0.25) is 0 Å². The first-order chi connectivity index (χ1) is 13.1. The molecule has 27 heavy (non-hydrogen) atoms. The smallest absolute Gasteiger partial charge is 0.239 e. The zero-order valence-electron chi connectivity index (χ0n) is 15.9. The van der Waals surface area contributed by atoms with Crippen LogP contribution >= 0.6 is 11.3 Å². The molecular formula is C21H25N3O2S. The van der Waals surface area contributed by atoms with E-state index in [1.54, 1.807) is 18.4 Å². The molecule has 5 nitrogen and oxygen atoms in total. The third-order valence-corrected chi connectivity index (χ3v) is 5.55. The largest absolute Gasteiger partial charge is 0.494 e. The van der Waals surface area contributed by atoms with Crippen molar-refractivity contribution in [2.75, 3.05) is 25.6 Å². The van der Waals surface area contributed by atoms with Crippen molar-refractivity contribution in [3.63, 3.8) is 0 Å². The van der Waals surface area contributed by atoms with Crippen LogP contribution in [0.5, 0.6) is 5.75 Å². The molecule has 0 aliphatic carbocycles. The summed E-state index contributed by atoms with van der Waals surface area (Å²) in [6.45, 7) is 2.32. The van der Waals surface area contributed by atoms with Gasteiger partial charge < -0.3 is 15.0 Å². The van der Waals surface area contributed by atoms with E-state index in [1.807, 2.05) is 55.3 Å². The Labute approximate surface area is 164 Å². The summed E-state index contributed by atoms with van der Waals surface area (Å²) in [5.41, 5.74) is 2.13. The van der Waals surface area contributed by atoms with Gasteiger partial charge in [-0.3, -0.25) is 4.79 Å². The lowest BCUT2D eigenvalue weighted by atomic mass is 10.1. The van der Waals surface area contributed by atoms with E-state index < -0.39 is 0 Å². The van der Waals surface area contributed by atoms with Crippen LogP contribution in [-0.2, 0) is 11.2 Å². The van der Waals surface area contributed by atoms with Crippen LogP contribution < -0.4 is 15.0 Å². The number of fused-ring (bicyclic) bond motifs is 1. The van der Waals surface area contributed by atoms with Crippen LogP contribution in [0, 0.1) is 0 Å². The maximum absolute atomic E-state index is 12.4. The topological polar surface area (TPSA) is 54.5 Å². The minimum atomic E-state index is 0.00397. The number of anilines is 1. The van der Waals surface area contributed by atoms with Gasteiger partial charge in [-0.15, -0.1) is 0 Å². The highest BCUT2D eigenvalue weighted by atomic mass is 32.1. The number of nitrogens with zero attached hydrogens (tertiary/aromatic N) is 2. The average molecular weight is 384 g/mol. The van der Waals surface area contributed by atoms with Crippen LogP contribution in [0.15, 0.2) is 48.5 Å². The Morgan fingerprint density at radius 2 is 2.00 bits per heavy atom. The molecule has 0 aliphatic heterocycles. The number of nitrogens with one attached hydrogen (secondary N) is 1. The normalized spacial score (nSPS) is 12.0. The van der Waals surface area contributed by atoms with Gasteiger partial charge in [-0.05, 0) is 37.5 Å². The average Bonchev–Trinajstić information content (AvgIpc) is 3.11. The monoisotopic (exact) mass is 383 g/mol. The standard InChI is InChI=1S/C21H25N3O2S/c1-15(12-13-16-8-5-4-6-9-16)22-19(25)14-24(2)21-23-20-17(26-3)10-7-11-18(20)27-21/h4-11,15H,12-14H2,1-3H3,(H,22,25). The molecule has 0 fully saturated rings. The Morgan fingerprint density at radius 3 is 2.74 bits per heavy atom. The number of benzene rings is 2. The lowest BCUT2D eigenvalue weighted by molar-refractivity contribution is -0.120. The van der Waals surface area contributed by atoms with E-state index in [4.69, 9.17) is 4.74 Å². The van der Waals surface area contributed by atoms with E-state index in [0.29, 0.717) is 0 Å². The fraction of sp³-hybridized carbons (Fsp3) is 0.333. The minimum absolute atomic E-state index is 0.00397. The van der Waals surface area contributed by atoms with Crippen molar-refractivity contribution < 1.29 is 9.53 Å². The van der Waals surface area contributed by atoms with Crippen LogP contribution in [0.3, 0.4) is 0 Å². The first kappa shape index (κ1) is 19.2. The molecule has 2 aromatic carbocycles. The number of carbonyl (C=O) groups is 1. The van der Waals surface area contributed by atoms with Crippen molar-refractivity contribution in [2.24, 2.45) is 0 Å². The van der Waals surface area contributed by atoms with Gasteiger partial charge in [0.1, 0.15) is 11.3 Å². The number of para-hydroxylation sites is 1. The number of aryl methyl sites for hydroxylation is 1. The fourth-order valence-electron chi connectivity index (χ4n) is 2.94. The summed E-state index contributed by atoms with van der Waals surface area (Å²) in [7, 11) is 3.53. The Morgan fingerprint density at radius 1 is 1.22 bits per heavy atom. The molecule has 1 atom stereocenters. The van der Waals surface area contributed by atoms with Crippen molar-refractivity contribution in [3.05, 3.63) is 54.1 Å². The molecule has 1 N–H and O–H groups in total. The lowest BCUT2D eigenvalue weighted by Crippen LogP contribution is -2.40. The van der Waals surface area contributed by atoms with Gasteiger partial charge in [-0.2, -0.15) is 0 Å². The maximum Gasteiger partial charge on any atom is 0.239 e. The Hall–Kier alpha value is -2.60. The van der Waals surface area contributed by atoms with Crippen LogP contribution in [0.4, 0.5) is 5.13 Å². The van der Waals surface area contributed by atoms with Gasteiger partial charge >= 0.3 is 0 Å². The number of hydrogen-bond acceptors (Lipinski definition) is 5. The van der Waals surface area contributed by atoms with E-state index in [-0.39, 0.29) is 18.5 Å². The van der Waals surface area contributed by atoms with Crippen molar-refractivity contribution in [2.45, 2.75) is 25.8 Å². The second-order valence-corrected chi connectivity index (χ2v) is 7.66. The number of hydrogen-bond donors (Lipinski definition) is 1. The third kappa shape index (κ3) is 4.98. The number of ether oxygens (including phenoxy) is 1. The highest BCUT2D eigenvalue weighted by Crippen LogP contribution is 2.33. The number of carbonyl (C=O) groups excluding carboxylic acids is 1. The molecule has 3 rings (SSSR count). The molecule has 0 aliphatic rings. The summed E-state index contributed by atoms with van der Waals surface area (Å²) in [6, 6.07) is 16.3. The fourth-order valence-corrected chi connectivity index (χ4v) is 3.89. The van der Waals surface area contributed by atoms with E-state index >= 15 is 0 Å². The molecular weight excluding hydrogens is 358 g/mol. The molecule has 1 unspecified atom stereocenters. The van der Waals surface area contributed by atoms with Crippen LogP contribution in [-0.4, -0.2) is 37.6 Å². The summed E-state index contributed by atoms with van der Waals surface area (Å²) in [4.78, 5) is 18.9. The summed E-state index contributed by atoms with van der Waals surface area (Å²) < 4.78 is 6.41. The van der Waals surface area contributed by atoms with Crippen molar-refractivity contribution in [3.8, 4) is 5.75 Å². The highest BCUT2D eigenvalue weighted by molar-refractivity contribution is 7.22. The predicted octanol–water partition coefficient (Wildman–Crippen LogP) is 3.88. The zero-order valence-corrected chi connectivity index (χ0v) is 16.8. The van der Waals surface area contributed by atoms with Gasteiger partial charge in [-0.1, -0.05) is 47.7 Å². The number of amides is 1. The van der Waals surface area contributed by atoms with Gasteiger partial charge in [0.25, 0.3) is 0 Å². The first-order valence-electron chi connectivity index (χ1n) is 9.05. The maximum atomic E-state index is 12.4. The lowest BCUT2D eigenvalue weighted by Gasteiger charge is -2.18. The van der Waals surface area contributed by atoms with Crippen molar-refractivity contribution in [1.29, 1.82) is 0 Å². The molecule has 1 amide bonds. The molecule has 3 aromatic rings. The highest BCUT2D eigenvalue weighted by Gasteiger charge is 2.15. The van der Waals surface area contributed by atoms with Gasteiger partial charge in [0, 0.05) is 13.1 Å². The Kier molecular flexibility index (Phi) is 6.29. The van der Waals surface area contributed by atoms with Gasteiger partial charge in [-0.25, -0.2) is 4.98 Å². The number of aromatic nitrogens is 1. The summed E-state index contributed by atoms with van der Waals surface area (Å²) in [5, 5.41) is 3.89. The molecule has 1 heterocycles. The third-order valence-electron chi connectivity index (χ3n) is 4.41. The molecule has 142 valence electrons. The summed E-state index contributed by atoms with van der Waals surface area (Å²) in [6.07, 6.45) is 1.87. The van der Waals surface area contributed by atoms with Crippen LogP contribution in [0.1, 0.15) is 18.9 Å². The molecule has 0 spiro atoms. The summed E-state index contributed by atoms with van der Waals surface area (Å²) >= 11 is 1.56. The van der Waals surface area contributed by atoms with Crippen molar-refractivity contribution in [1.82, 2.24) is 10.3 Å². The van der Waals surface area contributed by atoms with E-state index in [2.05, 4.69) is 22.4 Å². The second kappa shape index (κ2) is 8.86. The van der Waals surface area contributed by atoms with E-state index in [1.165, 1.54) is 5.56 Å². The summed E-state index contributed by atoms with van der Waals surface area (Å²) in [5.74, 6) is 0.756. The molecule has 0 saturated heterocycles. The quantitative estimate of drug-likeness (QED) is 0.641. The number of thiazole rings is 1. The van der Waals surface area contributed by atoms with Gasteiger partial charge in [0.05, 0.1) is 18.4 Å². The molecule has 0 saturated carbocycles. The molecule has 0 radical (unpaired) electrons. The minimum Gasteiger partial charge on any atom is -0.494 e. The first-order valence-corrected chi connectivity index (χ1v) is 9.86. The van der Waals surface area contributed by atoms with E-state index in [9.17, 15) is 4.79 Å². The Balaban J connectivity index is 1.54. The second-order valence-electron chi connectivity index (χ2n) is 6.65. The SMILES string of the molecule is COc1cccc2sc(N(C)CC(=O)NC(C)CCc3ccccc3)nc12. The predicted molar refractivity (Wildman–Crippen MR) is 112 cm³/mol. The molecule has 6 heteroatoms. The van der Waals surface area contributed by atoms with Gasteiger partial charge in [0.15, 0.2) is 5.13 Å². The van der Waals surface area contributed by atoms with Crippen LogP contribution in [0.25, 0.3) is 10.2 Å². The number of likely N-dealkylation sites (N-methyl/N-ethyl adjacent to an activating group) is 1. The number of methoxy groups -OCH3 is 1. The molecule has 0 bridgehead atoms. The molecule has 1 aromatic heterocycles. The van der Waals surface area contributed by atoms with Crippen molar-refractivity contribution >= 4 is 32.6 Å². The zero-order chi connectivity index (χ0) is 19.2. The Bertz CT molecular complexity index is 895. The number of rotatable bonds is 8. The van der Waals surface area contributed by atoms with Gasteiger partial charge in [0.2, 0.25) is 5.91 Å². The van der Waals surface area contributed by atoms with E-state index in [0.717, 1.165) is 33.9 Å².